The van der Waals surface area contributed by atoms with Crippen LogP contribution in [0, 0.1) is 0 Å². The quantitative estimate of drug-likeness (QED) is 0.186. The molecule has 0 bridgehead atoms. The molecule has 6 aromatic heterocycles. The zero-order chi connectivity index (χ0) is 33.0. The van der Waals surface area contributed by atoms with Gasteiger partial charge in [0.2, 0.25) is 0 Å². The van der Waals surface area contributed by atoms with E-state index >= 15 is 0 Å². The monoisotopic (exact) mass is 642 g/mol. The van der Waals surface area contributed by atoms with E-state index in [0.29, 0.717) is 17.5 Å². The van der Waals surface area contributed by atoms with Gasteiger partial charge in [0, 0.05) is 40.5 Å². The van der Waals surface area contributed by atoms with Gasteiger partial charge in [-0.05, 0) is 66.7 Å². The lowest BCUT2D eigenvalue weighted by Crippen LogP contribution is -2.00. The molecule has 0 aliphatic heterocycles. The van der Waals surface area contributed by atoms with Gasteiger partial charge in [-0.1, -0.05) is 78.9 Å². The van der Waals surface area contributed by atoms with Gasteiger partial charge < -0.3 is 9.13 Å². The van der Waals surface area contributed by atoms with E-state index < -0.39 is 0 Å². The van der Waals surface area contributed by atoms with Crippen molar-refractivity contribution in [3.63, 3.8) is 0 Å². The average Bonchev–Trinajstić information content (AvgIpc) is 3.70. The number of pyridine rings is 3. The van der Waals surface area contributed by atoms with Crippen molar-refractivity contribution < 1.29 is 0 Å². The van der Waals surface area contributed by atoms with E-state index in [4.69, 9.17) is 29.9 Å². The van der Waals surface area contributed by atoms with Crippen LogP contribution in [0.4, 0.5) is 0 Å². The van der Waals surface area contributed by atoms with Gasteiger partial charge in [-0.3, -0.25) is 9.97 Å². The van der Waals surface area contributed by atoms with Crippen LogP contribution in [0.2, 0.25) is 0 Å². The average molecular weight is 643 g/mol. The highest BCUT2D eigenvalue weighted by atomic mass is 15.1. The molecular weight excluding hydrogens is 617 g/mol. The smallest absolute Gasteiger partial charge is 0.164 e. The van der Waals surface area contributed by atoms with E-state index in [-0.39, 0.29) is 0 Å². The highest BCUT2D eigenvalue weighted by Crippen LogP contribution is 2.36. The van der Waals surface area contributed by atoms with Crippen LogP contribution in [0.15, 0.2) is 158 Å². The standard InChI is InChI=1S/C42H26N8/c1-4-12-27(13-5-1)40-46-41(28-14-6-2-7-15-28)48-42(47-40)29-20-22-31(23-21-29)50-33-19-11-25-44-37(33)39-35(50)26-34-38(45-39)36-32(18-10-24-43-36)49(34)30-16-8-3-9-17-30/h1-26H. The summed E-state index contributed by atoms with van der Waals surface area (Å²) < 4.78 is 4.46. The summed E-state index contributed by atoms with van der Waals surface area (Å²) in [4.78, 5) is 29.6. The zero-order valence-corrected chi connectivity index (χ0v) is 26.6. The zero-order valence-electron chi connectivity index (χ0n) is 26.6. The molecule has 0 unspecified atom stereocenters. The molecule has 234 valence electrons. The molecular formula is C42H26N8. The lowest BCUT2D eigenvalue weighted by molar-refractivity contribution is 1.07. The van der Waals surface area contributed by atoms with E-state index in [0.717, 1.165) is 72.2 Å². The van der Waals surface area contributed by atoms with Gasteiger partial charge >= 0.3 is 0 Å². The molecule has 0 spiro atoms. The van der Waals surface area contributed by atoms with Crippen LogP contribution in [-0.4, -0.2) is 39.0 Å². The van der Waals surface area contributed by atoms with Crippen LogP contribution in [0.3, 0.4) is 0 Å². The summed E-state index contributed by atoms with van der Waals surface area (Å²) in [6.07, 6.45) is 3.65. The Morgan fingerprint density at radius 2 is 0.740 bits per heavy atom. The fourth-order valence-electron chi connectivity index (χ4n) is 6.79. The van der Waals surface area contributed by atoms with Crippen molar-refractivity contribution >= 4 is 44.1 Å². The van der Waals surface area contributed by atoms with Crippen LogP contribution in [0.1, 0.15) is 0 Å². The molecule has 8 nitrogen and oxygen atoms in total. The first-order valence-electron chi connectivity index (χ1n) is 16.4. The van der Waals surface area contributed by atoms with Crippen molar-refractivity contribution in [2.24, 2.45) is 0 Å². The normalized spacial score (nSPS) is 11.6. The fraction of sp³-hybridized carbons (Fsp3) is 0. The predicted octanol–water partition coefficient (Wildman–Crippen LogP) is 9.25. The third-order valence-electron chi connectivity index (χ3n) is 9.06. The first kappa shape index (κ1) is 28.0. The second-order valence-electron chi connectivity index (χ2n) is 12.1. The van der Waals surface area contributed by atoms with Gasteiger partial charge in [-0.25, -0.2) is 19.9 Å². The molecule has 0 atom stereocenters. The summed E-state index contributed by atoms with van der Waals surface area (Å²) in [6, 6.07) is 49.1. The number of hydrogen-bond donors (Lipinski definition) is 0. The molecule has 8 heteroatoms. The molecule has 6 heterocycles. The molecule has 0 amide bonds. The molecule has 0 N–H and O–H groups in total. The number of nitrogens with zero attached hydrogens (tertiary/aromatic N) is 8. The first-order valence-corrected chi connectivity index (χ1v) is 16.4. The molecule has 10 rings (SSSR count). The summed E-state index contributed by atoms with van der Waals surface area (Å²) in [7, 11) is 0. The number of benzene rings is 4. The molecule has 0 fully saturated rings. The van der Waals surface area contributed by atoms with Crippen molar-refractivity contribution in [2.45, 2.75) is 0 Å². The van der Waals surface area contributed by atoms with Gasteiger partial charge in [-0.15, -0.1) is 0 Å². The Labute approximate surface area is 286 Å². The van der Waals surface area contributed by atoms with E-state index in [9.17, 15) is 0 Å². The van der Waals surface area contributed by atoms with Gasteiger partial charge in [0.25, 0.3) is 0 Å². The molecule has 4 aromatic carbocycles. The number of fused-ring (bicyclic) bond motifs is 6. The van der Waals surface area contributed by atoms with Crippen molar-refractivity contribution in [3.05, 3.63) is 158 Å². The van der Waals surface area contributed by atoms with Crippen LogP contribution >= 0.6 is 0 Å². The van der Waals surface area contributed by atoms with Crippen molar-refractivity contribution in [2.75, 3.05) is 0 Å². The second-order valence-corrected chi connectivity index (χ2v) is 12.1. The largest absolute Gasteiger partial charge is 0.306 e. The van der Waals surface area contributed by atoms with Crippen molar-refractivity contribution in [1.82, 2.24) is 39.0 Å². The molecule has 0 aliphatic carbocycles. The third-order valence-corrected chi connectivity index (χ3v) is 9.06. The summed E-state index contributed by atoms with van der Waals surface area (Å²) >= 11 is 0. The van der Waals surface area contributed by atoms with E-state index in [1.54, 1.807) is 0 Å². The highest BCUT2D eigenvalue weighted by molar-refractivity contribution is 6.13. The van der Waals surface area contributed by atoms with E-state index in [2.05, 4.69) is 75.9 Å². The summed E-state index contributed by atoms with van der Waals surface area (Å²) in [5.41, 5.74) is 12.1. The van der Waals surface area contributed by atoms with Gasteiger partial charge in [-0.2, -0.15) is 0 Å². The Morgan fingerprint density at radius 3 is 1.22 bits per heavy atom. The summed E-state index contributed by atoms with van der Waals surface area (Å²) in [6.45, 7) is 0. The third kappa shape index (κ3) is 4.47. The minimum absolute atomic E-state index is 0.608. The van der Waals surface area contributed by atoms with Crippen molar-refractivity contribution in [1.29, 1.82) is 0 Å². The topological polar surface area (TPSA) is 87.2 Å². The lowest BCUT2D eigenvalue weighted by atomic mass is 10.1. The number of hydrogen-bond acceptors (Lipinski definition) is 6. The fourth-order valence-corrected chi connectivity index (χ4v) is 6.79. The summed E-state index contributed by atoms with van der Waals surface area (Å²) in [5, 5.41) is 0. The maximum absolute atomic E-state index is 5.27. The minimum Gasteiger partial charge on any atom is -0.306 e. The van der Waals surface area contributed by atoms with Crippen LogP contribution in [0.25, 0.3) is 89.7 Å². The minimum atomic E-state index is 0.608. The predicted molar refractivity (Wildman–Crippen MR) is 198 cm³/mol. The Hall–Kier alpha value is -7.06. The molecule has 0 radical (unpaired) electrons. The lowest BCUT2D eigenvalue weighted by Gasteiger charge is -2.11. The maximum Gasteiger partial charge on any atom is 0.164 e. The van der Waals surface area contributed by atoms with Gasteiger partial charge in [0.1, 0.15) is 22.1 Å². The maximum atomic E-state index is 5.27. The molecule has 0 saturated carbocycles. The van der Waals surface area contributed by atoms with Crippen LogP contribution in [-0.2, 0) is 0 Å². The van der Waals surface area contributed by atoms with Gasteiger partial charge in [0.15, 0.2) is 17.5 Å². The molecule has 50 heavy (non-hydrogen) atoms. The Morgan fingerprint density at radius 1 is 0.320 bits per heavy atom. The molecule has 0 saturated heterocycles. The first-order chi connectivity index (χ1) is 24.8. The van der Waals surface area contributed by atoms with E-state index in [1.807, 2.05) is 91.3 Å². The molecule has 10 aromatic rings. The van der Waals surface area contributed by atoms with Crippen molar-refractivity contribution in [3.8, 4) is 45.5 Å². The summed E-state index contributed by atoms with van der Waals surface area (Å²) in [5.74, 6) is 1.87. The highest BCUT2D eigenvalue weighted by Gasteiger charge is 2.21. The van der Waals surface area contributed by atoms with Crippen LogP contribution < -0.4 is 0 Å². The Balaban J connectivity index is 1.17. The number of rotatable bonds is 5. The Bertz CT molecular complexity index is 2790. The number of para-hydroxylation sites is 1. The molecule has 0 aliphatic rings. The van der Waals surface area contributed by atoms with E-state index in [1.165, 1.54) is 0 Å². The van der Waals surface area contributed by atoms with Gasteiger partial charge in [0.05, 0.1) is 22.1 Å². The van der Waals surface area contributed by atoms with Crippen LogP contribution in [0.5, 0.6) is 0 Å². The number of aromatic nitrogens is 8. The SMILES string of the molecule is c1ccc(-c2nc(-c3ccccc3)nc(-c3ccc(-n4c5cccnc5c5nc6c7ncccc7n(-c7ccccc7)c6cc54)cc3)n2)cc1. The Kier molecular flexibility index (Phi) is 6.32. The second kappa shape index (κ2) is 11.3.